The molecular formula is C8H9FN4O. The number of nitrogen functional groups attached to an aromatic ring is 1. The lowest BCUT2D eigenvalue weighted by Crippen LogP contribution is -2.18. The lowest BCUT2D eigenvalue weighted by Gasteiger charge is -2.03. The molecule has 14 heavy (non-hydrogen) atoms. The average molecular weight is 196 g/mol. The van der Waals surface area contributed by atoms with Crippen LogP contribution in [0, 0.1) is 5.82 Å². The van der Waals surface area contributed by atoms with E-state index in [0.29, 0.717) is 5.82 Å². The third-order valence-electron chi connectivity index (χ3n) is 2.07. The number of rotatable bonds is 2. The van der Waals surface area contributed by atoms with Gasteiger partial charge < -0.3 is 11.5 Å². The number of amides is 1. The van der Waals surface area contributed by atoms with E-state index in [1.165, 1.54) is 0 Å². The molecule has 0 aliphatic heterocycles. The van der Waals surface area contributed by atoms with Gasteiger partial charge in [0, 0.05) is 5.92 Å². The molecule has 1 saturated carbocycles. The summed E-state index contributed by atoms with van der Waals surface area (Å²) in [6, 6.07) is 0. The number of hydrogen-bond donors (Lipinski definition) is 2. The molecule has 0 atom stereocenters. The highest BCUT2D eigenvalue weighted by Gasteiger charge is 2.29. The number of nitrogens with two attached hydrogens (primary N) is 2. The molecule has 0 aromatic carbocycles. The quantitative estimate of drug-likeness (QED) is 0.705. The predicted octanol–water partition coefficient (Wildman–Crippen LogP) is 0.174. The molecular weight excluding hydrogens is 187 g/mol. The number of primary amides is 1. The van der Waals surface area contributed by atoms with E-state index in [1.54, 1.807) is 0 Å². The highest BCUT2D eigenvalue weighted by Crippen LogP contribution is 2.38. The fourth-order valence-corrected chi connectivity index (χ4v) is 1.17. The molecule has 1 aliphatic carbocycles. The Labute approximate surface area is 79.3 Å². The van der Waals surface area contributed by atoms with E-state index >= 15 is 0 Å². The van der Waals surface area contributed by atoms with Gasteiger partial charge in [-0.3, -0.25) is 4.79 Å². The number of halogens is 1. The van der Waals surface area contributed by atoms with E-state index in [0.717, 1.165) is 12.8 Å². The first-order chi connectivity index (χ1) is 6.59. The fraction of sp³-hybridized carbons (Fsp3) is 0.375. The molecule has 0 spiro atoms. The van der Waals surface area contributed by atoms with E-state index in [4.69, 9.17) is 11.5 Å². The number of aromatic nitrogens is 2. The third-order valence-corrected chi connectivity index (χ3v) is 2.07. The second kappa shape index (κ2) is 2.90. The molecule has 0 radical (unpaired) electrons. The monoisotopic (exact) mass is 196 g/mol. The van der Waals surface area contributed by atoms with Crippen molar-refractivity contribution in [2.75, 3.05) is 5.73 Å². The number of anilines is 1. The first-order valence-electron chi connectivity index (χ1n) is 4.22. The molecule has 0 unspecified atom stereocenters. The molecule has 4 N–H and O–H groups in total. The summed E-state index contributed by atoms with van der Waals surface area (Å²) in [4.78, 5) is 18.3. The Kier molecular flexibility index (Phi) is 1.83. The van der Waals surface area contributed by atoms with Crippen molar-refractivity contribution in [1.29, 1.82) is 0 Å². The van der Waals surface area contributed by atoms with Crippen molar-refractivity contribution in [1.82, 2.24) is 9.97 Å². The normalized spacial score (nSPS) is 15.5. The van der Waals surface area contributed by atoms with Crippen LogP contribution in [0.1, 0.15) is 35.1 Å². The molecule has 0 bridgehead atoms. The van der Waals surface area contributed by atoms with Gasteiger partial charge in [0.2, 0.25) is 0 Å². The van der Waals surface area contributed by atoms with Crippen LogP contribution in [0.5, 0.6) is 0 Å². The van der Waals surface area contributed by atoms with Gasteiger partial charge >= 0.3 is 0 Å². The highest BCUT2D eigenvalue weighted by atomic mass is 19.1. The summed E-state index contributed by atoms with van der Waals surface area (Å²) in [6.07, 6.45) is 1.90. The molecule has 74 valence electrons. The van der Waals surface area contributed by atoms with Crippen LogP contribution in [-0.4, -0.2) is 15.9 Å². The Morgan fingerprint density at radius 2 is 2.07 bits per heavy atom. The van der Waals surface area contributed by atoms with Gasteiger partial charge in [0.05, 0.1) is 0 Å². The van der Waals surface area contributed by atoms with Crippen molar-refractivity contribution < 1.29 is 9.18 Å². The van der Waals surface area contributed by atoms with Crippen molar-refractivity contribution in [3.8, 4) is 0 Å². The van der Waals surface area contributed by atoms with Crippen LogP contribution in [0.15, 0.2) is 0 Å². The van der Waals surface area contributed by atoms with Gasteiger partial charge in [-0.1, -0.05) is 0 Å². The van der Waals surface area contributed by atoms with Crippen LogP contribution >= 0.6 is 0 Å². The minimum Gasteiger partial charge on any atom is -0.381 e. The van der Waals surface area contributed by atoms with Crippen LogP contribution < -0.4 is 11.5 Å². The van der Waals surface area contributed by atoms with Crippen molar-refractivity contribution in [2.24, 2.45) is 5.73 Å². The Bertz CT molecular complexity index is 403. The summed E-state index contributed by atoms with van der Waals surface area (Å²) in [5, 5.41) is 0. The Morgan fingerprint density at radius 3 is 2.57 bits per heavy atom. The second-order valence-electron chi connectivity index (χ2n) is 3.27. The second-order valence-corrected chi connectivity index (χ2v) is 3.27. The van der Waals surface area contributed by atoms with Gasteiger partial charge in [-0.2, -0.15) is 0 Å². The summed E-state index contributed by atoms with van der Waals surface area (Å²) < 4.78 is 13.2. The Balaban J connectivity index is 2.51. The molecule has 0 saturated heterocycles. The number of carbonyl (C=O) groups is 1. The lowest BCUT2D eigenvalue weighted by atomic mass is 10.3. The van der Waals surface area contributed by atoms with Gasteiger partial charge in [-0.25, -0.2) is 14.4 Å². The van der Waals surface area contributed by atoms with E-state index < -0.39 is 17.4 Å². The third kappa shape index (κ3) is 1.39. The summed E-state index contributed by atoms with van der Waals surface area (Å²) in [7, 11) is 0. The van der Waals surface area contributed by atoms with Gasteiger partial charge in [0.25, 0.3) is 5.91 Å². The van der Waals surface area contributed by atoms with E-state index in [2.05, 4.69) is 9.97 Å². The summed E-state index contributed by atoms with van der Waals surface area (Å²) in [6.45, 7) is 0. The Hall–Kier alpha value is -1.72. The molecule has 1 aromatic heterocycles. The minimum absolute atomic E-state index is 0.205. The molecule has 1 amide bonds. The van der Waals surface area contributed by atoms with Crippen molar-refractivity contribution in [2.45, 2.75) is 18.8 Å². The van der Waals surface area contributed by atoms with E-state index in [9.17, 15) is 9.18 Å². The molecule has 5 nitrogen and oxygen atoms in total. The number of nitrogens with zero attached hydrogens (tertiary/aromatic N) is 2. The maximum atomic E-state index is 13.2. The van der Waals surface area contributed by atoms with Crippen molar-refractivity contribution in [3.63, 3.8) is 0 Å². The van der Waals surface area contributed by atoms with Crippen LogP contribution in [-0.2, 0) is 0 Å². The first kappa shape index (κ1) is 8.86. The maximum Gasteiger partial charge on any atom is 0.270 e. The molecule has 2 rings (SSSR count). The summed E-state index contributed by atoms with van der Waals surface area (Å²) >= 11 is 0. The van der Waals surface area contributed by atoms with Gasteiger partial charge in [-0.15, -0.1) is 0 Å². The zero-order chi connectivity index (χ0) is 10.3. The first-order valence-corrected chi connectivity index (χ1v) is 4.22. The zero-order valence-corrected chi connectivity index (χ0v) is 7.33. The number of carbonyl (C=O) groups excluding carboxylic acids is 1. The zero-order valence-electron chi connectivity index (χ0n) is 7.33. The van der Waals surface area contributed by atoms with E-state index in [1.807, 2.05) is 0 Å². The molecule has 6 heteroatoms. The molecule has 1 aliphatic rings. The van der Waals surface area contributed by atoms with Crippen molar-refractivity contribution >= 4 is 11.7 Å². The van der Waals surface area contributed by atoms with Crippen LogP contribution in [0.2, 0.25) is 0 Å². The van der Waals surface area contributed by atoms with Crippen LogP contribution in [0.25, 0.3) is 0 Å². The van der Waals surface area contributed by atoms with Crippen LogP contribution in [0.4, 0.5) is 10.2 Å². The van der Waals surface area contributed by atoms with Gasteiger partial charge in [0.1, 0.15) is 5.82 Å². The molecule has 1 heterocycles. The topological polar surface area (TPSA) is 94.9 Å². The molecule has 1 aromatic rings. The summed E-state index contributed by atoms with van der Waals surface area (Å²) in [5.74, 6) is -1.54. The number of hydrogen-bond acceptors (Lipinski definition) is 4. The van der Waals surface area contributed by atoms with Gasteiger partial charge in [0.15, 0.2) is 17.3 Å². The Morgan fingerprint density at radius 1 is 1.43 bits per heavy atom. The van der Waals surface area contributed by atoms with Gasteiger partial charge in [-0.05, 0) is 12.8 Å². The highest BCUT2D eigenvalue weighted by molar-refractivity contribution is 5.91. The smallest absolute Gasteiger partial charge is 0.270 e. The molecule has 1 fully saturated rings. The lowest BCUT2D eigenvalue weighted by molar-refractivity contribution is 0.0991. The van der Waals surface area contributed by atoms with Crippen molar-refractivity contribution in [3.05, 3.63) is 17.3 Å². The maximum absolute atomic E-state index is 13.2. The van der Waals surface area contributed by atoms with E-state index in [-0.39, 0.29) is 11.7 Å². The predicted molar refractivity (Wildman–Crippen MR) is 46.9 cm³/mol. The summed E-state index contributed by atoms with van der Waals surface area (Å²) in [5.41, 5.74) is 9.82. The fourth-order valence-electron chi connectivity index (χ4n) is 1.17. The minimum atomic E-state index is -0.929. The standard InChI is InChI=1S/C8H9FN4O/c9-4-5(7(11)14)12-8(3-1-2-3)13-6(4)10/h3H,1-2H2,(H2,11,14)(H2,10,12,13). The average Bonchev–Trinajstić information content (AvgIpc) is 2.91. The van der Waals surface area contributed by atoms with Crippen LogP contribution in [0.3, 0.4) is 0 Å². The SMILES string of the molecule is NC(=O)c1nc(C2CC2)nc(N)c1F. The largest absolute Gasteiger partial charge is 0.381 e.